The quantitative estimate of drug-likeness (QED) is 0.563. The molecular weight excluding hydrogens is 206 g/mol. The number of carbonyl (C=O) groups excluding carboxylic acids is 1. The first-order valence-corrected chi connectivity index (χ1v) is 4.68. The summed E-state index contributed by atoms with van der Waals surface area (Å²) in [5.74, 6) is 1.68. The van der Waals surface area contributed by atoms with Crippen LogP contribution < -0.4 is 10.5 Å². The van der Waals surface area contributed by atoms with Gasteiger partial charge in [-0.3, -0.25) is 0 Å². The highest BCUT2D eigenvalue weighted by atomic mass is 16.4. The summed E-state index contributed by atoms with van der Waals surface area (Å²) in [7, 11) is 1.72. The fraction of sp³-hybridized carbons (Fsp3) is 0.0833. The number of hydrogen-bond acceptors (Lipinski definition) is 4. The second-order valence-corrected chi connectivity index (χ2v) is 3.33. The number of anilines is 1. The first-order chi connectivity index (χ1) is 7.70. The maximum Gasteiger partial charge on any atom is 0.336 e. The minimum absolute atomic E-state index is 0.391. The number of nitrogens with zero attached hydrogens (tertiary/aromatic N) is 1. The normalized spacial score (nSPS) is 9.81. The average molecular weight is 215 g/mol. The standard InChI is InChI=1S/C12H9NO3/c1-13(6-7-14)10-4-2-9-3-5-12(15)16-11(9)8-10/h2-6,8H,1H3. The van der Waals surface area contributed by atoms with Crippen LogP contribution in [0.1, 0.15) is 0 Å². The van der Waals surface area contributed by atoms with E-state index in [1.165, 1.54) is 12.3 Å². The topological polar surface area (TPSA) is 50.5 Å². The molecule has 1 heterocycles. The Morgan fingerprint density at radius 2 is 2.06 bits per heavy atom. The second-order valence-electron chi connectivity index (χ2n) is 3.33. The fourth-order valence-corrected chi connectivity index (χ4v) is 1.42. The van der Waals surface area contributed by atoms with Gasteiger partial charge in [-0.25, -0.2) is 9.59 Å². The van der Waals surface area contributed by atoms with Gasteiger partial charge in [0, 0.05) is 30.3 Å². The Hall–Kier alpha value is -2.32. The second kappa shape index (κ2) is 4.04. The SMILES string of the molecule is CN(C=C=O)c1ccc2ccc(=O)oc2c1. The fourth-order valence-electron chi connectivity index (χ4n) is 1.42. The molecule has 80 valence electrons. The van der Waals surface area contributed by atoms with Gasteiger partial charge >= 0.3 is 5.63 Å². The Morgan fingerprint density at radius 1 is 1.31 bits per heavy atom. The van der Waals surface area contributed by atoms with E-state index in [1.807, 2.05) is 12.1 Å². The van der Waals surface area contributed by atoms with Crippen molar-refractivity contribution < 1.29 is 9.21 Å². The molecule has 0 saturated heterocycles. The third kappa shape index (κ3) is 1.87. The van der Waals surface area contributed by atoms with Crippen LogP contribution in [-0.4, -0.2) is 13.0 Å². The minimum atomic E-state index is -0.391. The Labute approximate surface area is 91.4 Å². The maximum atomic E-state index is 11.0. The van der Waals surface area contributed by atoms with Crippen LogP contribution in [0.4, 0.5) is 5.69 Å². The predicted molar refractivity (Wildman–Crippen MR) is 61.2 cm³/mol. The lowest BCUT2D eigenvalue weighted by Crippen LogP contribution is -2.07. The molecular formula is C12H9NO3. The highest BCUT2D eigenvalue weighted by Gasteiger charge is 2.01. The lowest BCUT2D eigenvalue weighted by Gasteiger charge is -2.11. The third-order valence-electron chi connectivity index (χ3n) is 2.26. The summed E-state index contributed by atoms with van der Waals surface area (Å²) in [4.78, 5) is 22.8. The van der Waals surface area contributed by atoms with Crippen LogP contribution in [0, 0.1) is 0 Å². The molecule has 0 aliphatic carbocycles. The van der Waals surface area contributed by atoms with Crippen molar-refractivity contribution in [3.05, 3.63) is 47.0 Å². The lowest BCUT2D eigenvalue weighted by atomic mass is 10.2. The van der Waals surface area contributed by atoms with Crippen LogP contribution >= 0.6 is 0 Å². The first kappa shape index (κ1) is 10.2. The molecule has 0 radical (unpaired) electrons. The Morgan fingerprint density at radius 3 is 2.81 bits per heavy atom. The highest BCUT2D eigenvalue weighted by Crippen LogP contribution is 2.19. The van der Waals surface area contributed by atoms with Crippen molar-refractivity contribution in [2.75, 3.05) is 11.9 Å². The molecule has 4 heteroatoms. The molecule has 2 aromatic rings. The van der Waals surface area contributed by atoms with Gasteiger partial charge in [0.1, 0.15) is 11.5 Å². The van der Waals surface area contributed by atoms with Gasteiger partial charge < -0.3 is 9.32 Å². The predicted octanol–water partition coefficient (Wildman–Crippen LogP) is 1.57. The van der Waals surface area contributed by atoms with Gasteiger partial charge in [0.25, 0.3) is 0 Å². The average Bonchev–Trinajstić information content (AvgIpc) is 2.28. The van der Waals surface area contributed by atoms with Gasteiger partial charge in [0.15, 0.2) is 0 Å². The van der Waals surface area contributed by atoms with Crippen LogP contribution in [-0.2, 0) is 4.79 Å². The summed E-state index contributed by atoms with van der Waals surface area (Å²) in [6.45, 7) is 0. The zero-order chi connectivity index (χ0) is 11.5. The van der Waals surface area contributed by atoms with Crippen LogP contribution in [0.3, 0.4) is 0 Å². The van der Waals surface area contributed by atoms with Crippen molar-refractivity contribution in [2.45, 2.75) is 0 Å². The molecule has 0 saturated carbocycles. The summed E-state index contributed by atoms with van der Waals surface area (Å²) in [6, 6.07) is 8.42. The Balaban J connectivity index is 2.58. The molecule has 0 unspecified atom stereocenters. The van der Waals surface area contributed by atoms with Crippen LogP contribution in [0.2, 0.25) is 0 Å². The molecule has 0 N–H and O–H groups in total. The molecule has 0 atom stereocenters. The smallest absolute Gasteiger partial charge is 0.336 e. The molecule has 0 aliphatic rings. The molecule has 16 heavy (non-hydrogen) atoms. The van der Waals surface area contributed by atoms with Gasteiger partial charge in [0.2, 0.25) is 0 Å². The summed E-state index contributed by atoms with van der Waals surface area (Å²) in [5.41, 5.74) is 0.861. The molecule has 4 nitrogen and oxygen atoms in total. The zero-order valence-electron chi connectivity index (χ0n) is 8.64. The summed E-state index contributed by atoms with van der Waals surface area (Å²) in [6.07, 6.45) is 1.27. The van der Waals surface area contributed by atoms with Crippen molar-refractivity contribution in [3.8, 4) is 0 Å². The number of hydrogen-bond donors (Lipinski definition) is 0. The van der Waals surface area contributed by atoms with E-state index in [0.717, 1.165) is 11.1 Å². The van der Waals surface area contributed by atoms with Gasteiger partial charge in [-0.15, -0.1) is 0 Å². The van der Waals surface area contributed by atoms with Gasteiger partial charge in [-0.1, -0.05) is 0 Å². The maximum absolute atomic E-state index is 11.0. The van der Waals surface area contributed by atoms with E-state index < -0.39 is 5.63 Å². The zero-order valence-corrected chi connectivity index (χ0v) is 8.64. The number of benzene rings is 1. The molecule has 1 aromatic heterocycles. The van der Waals surface area contributed by atoms with E-state index in [2.05, 4.69) is 0 Å². The Kier molecular flexibility index (Phi) is 2.58. The summed E-state index contributed by atoms with van der Waals surface area (Å²) >= 11 is 0. The molecule has 1 aromatic carbocycles. The molecule has 0 aliphatic heterocycles. The van der Waals surface area contributed by atoms with Crippen molar-refractivity contribution in [1.82, 2.24) is 0 Å². The molecule has 0 fully saturated rings. The van der Waals surface area contributed by atoms with E-state index in [-0.39, 0.29) is 0 Å². The molecule has 0 spiro atoms. The highest BCUT2D eigenvalue weighted by molar-refractivity contribution is 5.80. The molecule has 2 rings (SSSR count). The van der Waals surface area contributed by atoms with Gasteiger partial charge in [0.05, 0.1) is 6.20 Å². The van der Waals surface area contributed by atoms with E-state index >= 15 is 0 Å². The largest absolute Gasteiger partial charge is 0.423 e. The van der Waals surface area contributed by atoms with Crippen LogP contribution in [0.25, 0.3) is 11.0 Å². The van der Waals surface area contributed by atoms with Gasteiger partial charge in [-0.05, 0) is 18.2 Å². The molecule has 0 amide bonds. The lowest BCUT2D eigenvalue weighted by molar-refractivity contribution is 0.561. The third-order valence-corrected chi connectivity index (χ3v) is 2.26. The van der Waals surface area contributed by atoms with E-state index in [9.17, 15) is 9.59 Å². The van der Waals surface area contributed by atoms with Crippen molar-refractivity contribution in [2.24, 2.45) is 0 Å². The van der Waals surface area contributed by atoms with E-state index in [4.69, 9.17) is 4.42 Å². The van der Waals surface area contributed by atoms with Gasteiger partial charge in [-0.2, -0.15) is 0 Å². The van der Waals surface area contributed by atoms with Crippen LogP contribution in [0.5, 0.6) is 0 Å². The number of rotatable bonds is 2. The van der Waals surface area contributed by atoms with Crippen molar-refractivity contribution >= 4 is 22.6 Å². The monoisotopic (exact) mass is 215 g/mol. The van der Waals surface area contributed by atoms with Crippen LogP contribution in [0.15, 0.2) is 45.7 Å². The Bertz CT molecular complexity index is 623. The van der Waals surface area contributed by atoms with Crippen molar-refractivity contribution in [1.29, 1.82) is 0 Å². The number of fused-ring (bicyclic) bond motifs is 1. The van der Waals surface area contributed by atoms with E-state index in [1.54, 1.807) is 30.0 Å². The summed E-state index contributed by atoms with van der Waals surface area (Å²) < 4.78 is 5.04. The minimum Gasteiger partial charge on any atom is -0.423 e. The van der Waals surface area contributed by atoms with Crippen molar-refractivity contribution in [3.63, 3.8) is 0 Å². The molecule has 0 bridgehead atoms. The van der Waals surface area contributed by atoms with E-state index in [0.29, 0.717) is 5.58 Å². The summed E-state index contributed by atoms with van der Waals surface area (Å²) in [5, 5.41) is 0.840. The first-order valence-electron chi connectivity index (χ1n) is 4.68.